The highest BCUT2D eigenvalue weighted by Gasteiger charge is 2.25. The predicted octanol–water partition coefficient (Wildman–Crippen LogP) is 5.71. The number of aryl methyl sites for hydroxylation is 3. The van der Waals surface area contributed by atoms with Gasteiger partial charge in [0.05, 0.1) is 23.1 Å². The van der Waals surface area contributed by atoms with E-state index >= 15 is 0 Å². The number of nitrogens with zero attached hydrogens (tertiary/aromatic N) is 3. The molecule has 9 heteroatoms. The molecule has 0 aliphatic heterocycles. The van der Waals surface area contributed by atoms with Crippen LogP contribution in [0.25, 0.3) is 20.4 Å². The van der Waals surface area contributed by atoms with Crippen LogP contribution in [0.15, 0.2) is 45.1 Å². The molecule has 0 fully saturated rings. The van der Waals surface area contributed by atoms with Gasteiger partial charge in [-0.2, -0.15) is 0 Å². The Labute approximate surface area is 225 Å². The van der Waals surface area contributed by atoms with E-state index in [1.807, 2.05) is 30.3 Å². The van der Waals surface area contributed by atoms with E-state index in [1.165, 1.54) is 32.6 Å². The molecule has 1 unspecified atom stereocenters. The summed E-state index contributed by atoms with van der Waals surface area (Å²) in [6.45, 7) is 2.74. The van der Waals surface area contributed by atoms with Crippen molar-refractivity contribution in [1.82, 2.24) is 19.5 Å². The SMILES string of the molecule is CC1CCc2c(sc3nc(CSc4nc5sc6c(c5c(=O)n4Cc4ccccc4)CCC6)[nH]c(=O)c23)C1. The van der Waals surface area contributed by atoms with Gasteiger partial charge < -0.3 is 4.98 Å². The number of thioether (sulfide) groups is 1. The Balaban J connectivity index is 1.27. The first-order valence-corrected chi connectivity index (χ1v) is 15.4. The number of hydrogen-bond donors (Lipinski definition) is 1. The summed E-state index contributed by atoms with van der Waals surface area (Å²) in [5.41, 5.74) is 3.44. The van der Waals surface area contributed by atoms with E-state index in [4.69, 9.17) is 9.97 Å². The van der Waals surface area contributed by atoms with E-state index in [1.54, 1.807) is 27.2 Å². The summed E-state index contributed by atoms with van der Waals surface area (Å²) in [7, 11) is 0. The highest BCUT2D eigenvalue weighted by Crippen LogP contribution is 2.37. The fourth-order valence-electron chi connectivity index (χ4n) is 5.67. The molecule has 5 aromatic rings. The van der Waals surface area contributed by atoms with E-state index in [0.29, 0.717) is 29.2 Å². The van der Waals surface area contributed by atoms with E-state index in [2.05, 4.69) is 11.9 Å². The van der Waals surface area contributed by atoms with Gasteiger partial charge in [-0.3, -0.25) is 14.2 Å². The Morgan fingerprint density at radius 2 is 1.78 bits per heavy atom. The second-order valence-electron chi connectivity index (χ2n) is 10.1. The topological polar surface area (TPSA) is 80.6 Å². The number of benzene rings is 1. The van der Waals surface area contributed by atoms with Gasteiger partial charge in [0.25, 0.3) is 11.1 Å². The van der Waals surface area contributed by atoms with Crippen LogP contribution >= 0.6 is 34.4 Å². The quantitative estimate of drug-likeness (QED) is 0.226. The zero-order valence-corrected chi connectivity index (χ0v) is 23.0. The second-order valence-corrected chi connectivity index (χ2v) is 13.3. The van der Waals surface area contributed by atoms with Gasteiger partial charge in [0, 0.05) is 9.75 Å². The first-order chi connectivity index (χ1) is 18.0. The third-order valence-electron chi connectivity index (χ3n) is 7.53. The number of rotatable bonds is 5. The summed E-state index contributed by atoms with van der Waals surface area (Å²) in [6.07, 6.45) is 6.20. The normalized spacial score (nSPS) is 16.9. The molecule has 1 atom stereocenters. The molecule has 37 heavy (non-hydrogen) atoms. The third kappa shape index (κ3) is 4.08. The minimum Gasteiger partial charge on any atom is -0.309 e. The van der Waals surface area contributed by atoms with Gasteiger partial charge in [0.15, 0.2) is 5.16 Å². The molecular formula is C28H26N4O2S3. The molecule has 0 bridgehead atoms. The number of nitrogens with one attached hydrogen (secondary N) is 1. The third-order valence-corrected chi connectivity index (χ3v) is 10.8. The van der Waals surface area contributed by atoms with Gasteiger partial charge in [0.1, 0.15) is 15.5 Å². The summed E-state index contributed by atoms with van der Waals surface area (Å²) in [5.74, 6) is 1.72. The molecule has 7 rings (SSSR count). The Morgan fingerprint density at radius 3 is 2.65 bits per heavy atom. The molecule has 0 amide bonds. The molecule has 1 N–H and O–H groups in total. The lowest BCUT2D eigenvalue weighted by Gasteiger charge is -2.17. The summed E-state index contributed by atoms with van der Waals surface area (Å²) in [4.78, 5) is 44.0. The van der Waals surface area contributed by atoms with Crippen molar-refractivity contribution in [2.24, 2.45) is 5.92 Å². The molecule has 4 heterocycles. The molecule has 0 radical (unpaired) electrons. The number of thiophene rings is 2. The molecule has 6 nitrogen and oxygen atoms in total. The van der Waals surface area contributed by atoms with E-state index in [0.717, 1.165) is 64.5 Å². The van der Waals surface area contributed by atoms with Crippen molar-refractivity contribution >= 4 is 54.9 Å². The number of aromatic amines is 1. The maximum absolute atomic E-state index is 13.8. The molecule has 188 valence electrons. The average Bonchev–Trinajstić information content (AvgIpc) is 3.57. The van der Waals surface area contributed by atoms with Crippen LogP contribution < -0.4 is 11.1 Å². The van der Waals surface area contributed by atoms with Crippen molar-refractivity contribution < 1.29 is 0 Å². The lowest BCUT2D eigenvalue weighted by atomic mass is 9.89. The number of fused-ring (bicyclic) bond motifs is 6. The van der Waals surface area contributed by atoms with Crippen LogP contribution in [-0.4, -0.2) is 19.5 Å². The predicted molar refractivity (Wildman–Crippen MR) is 152 cm³/mol. The maximum Gasteiger partial charge on any atom is 0.263 e. The van der Waals surface area contributed by atoms with Crippen LogP contribution in [-0.2, 0) is 38.0 Å². The lowest BCUT2D eigenvalue weighted by Crippen LogP contribution is -2.24. The van der Waals surface area contributed by atoms with Crippen LogP contribution in [0.5, 0.6) is 0 Å². The number of H-pyrrole nitrogens is 1. The molecule has 0 saturated carbocycles. The number of aromatic nitrogens is 4. The van der Waals surface area contributed by atoms with E-state index in [-0.39, 0.29) is 11.1 Å². The minimum atomic E-state index is -0.0487. The van der Waals surface area contributed by atoms with Crippen molar-refractivity contribution in [3.05, 3.63) is 83.3 Å². The van der Waals surface area contributed by atoms with Gasteiger partial charge in [0.2, 0.25) is 0 Å². The van der Waals surface area contributed by atoms with Crippen molar-refractivity contribution in [2.75, 3.05) is 0 Å². The Kier molecular flexibility index (Phi) is 5.82. The summed E-state index contributed by atoms with van der Waals surface area (Å²) < 4.78 is 1.80. The van der Waals surface area contributed by atoms with Gasteiger partial charge in [-0.15, -0.1) is 22.7 Å². The van der Waals surface area contributed by atoms with Gasteiger partial charge in [-0.1, -0.05) is 49.0 Å². The van der Waals surface area contributed by atoms with Gasteiger partial charge in [-0.05, 0) is 61.1 Å². The zero-order valence-electron chi connectivity index (χ0n) is 20.5. The Hall–Kier alpha value is -2.75. The average molecular weight is 547 g/mol. The van der Waals surface area contributed by atoms with Crippen LogP contribution in [0.1, 0.15) is 52.0 Å². The molecule has 2 aliphatic rings. The molecule has 0 saturated heterocycles. The monoisotopic (exact) mass is 546 g/mol. The smallest absolute Gasteiger partial charge is 0.263 e. The molecule has 0 spiro atoms. The summed E-state index contributed by atoms with van der Waals surface area (Å²) in [5, 5.41) is 2.24. The highest BCUT2D eigenvalue weighted by atomic mass is 32.2. The first kappa shape index (κ1) is 23.4. The van der Waals surface area contributed by atoms with Gasteiger partial charge >= 0.3 is 0 Å². The van der Waals surface area contributed by atoms with Crippen molar-refractivity contribution in [1.29, 1.82) is 0 Å². The van der Waals surface area contributed by atoms with E-state index < -0.39 is 0 Å². The maximum atomic E-state index is 13.8. The Morgan fingerprint density at radius 1 is 1.00 bits per heavy atom. The van der Waals surface area contributed by atoms with Crippen LogP contribution in [0.4, 0.5) is 0 Å². The van der Waals surface area contributed by atoms with Crippen molar-refractivity contribution in [3.63, 3.8) is 0 Å². The first-order valence-electron chi connectivity index (χ1n) is 12.8. The highest BCUT2D eigenvalue weighted by molar-refractivity contribution is 7.98. The second kappa shape index (κ2) is 9.22. The molecular weight excluding hydrogens is 521 g/mol. The molecule has 1 aromatic carbocycles. The summed E-state index contributed by atoms with van der Waals surface area (Å²) in [6, 6.07) is 10.0. The summed E-state index contributed by atoms with van der Waals surface area (Å²) >= 11 is 4.80. The Bertz CT molecular complexity index is 1780. The largest absolute Gasteiger partial charge is 0.309 e. The fourth-order valence-corrected chi connectivity index (χ4v) is 9.24. The standard InChI is InChI=1S/C28H26N4O2S3/c1-15-10-11-18-20(12-15)37-25-22(18)24(33)29-21(30-25)14-35-28-31-26-23(17-8-5-9-19(17)36-26)27(34)32(28)13-16-6-3-2-4-7-16/h2-4,6-7,15H,5,8-14H2,1H3,(H,29,30,33). The minimum absolute atomic E-state index is 0.0349. The molecule has 4 aromatic heterocycles. The van der Waals surface area contributed by atoms with Crippen LogP contribution in [0, 0.1) is 5.92 Å². The van der Waals surface area contributed by atoms with Crippen molar-refractivity contribution in [3.8, 4) is 0 Å². The van der Waals surface area contributed by atoms with Crippen LogP contribution in [0.3, 0.4) is 0 Å². The number of hydrogen-bond acceptors (Lipinski definition) is 7. The lowest BCUT2D eigenvalue weighted by molar-refractivity contribution is 0.509. The van der Waals surface area contributed by atoms with Crippen molar-refractivity contribution in [2.45, 2.75) is 62.9 Å². The van der Waals surface area contributed by atoms with E-state index in [9.17, 15) is 9.59 Å². The molecule has 2 aliphatic carbocycles. The van der Waals surface area contributed by atoms with Gasteiger partial charge in [-0.25, -0.2) is 9.97 Å². The zero-order chi connectivity index (χ0) is 25.1. The fraction of sp³-hybridized carbons (Fsp3) is 0.357. The van der Waals surface area contributed by atoms with Crippen LogP contribution in [0.2, 0.25) is 0 Å².